The summed E-state index contributed by atoms with van der Waals surface area (Å²) in [6.45, 7) is 15.0. The lowest BCUT2D eigenvalue weighted by Crippen LogP contribution is -2.43. The maximum atomic E-state index is 13.9. The van der Waals surface area contributed by atoms with Crippen LogP contribution in [-0.2, 0) is 22.6 Å². The smallest absolute Gasteiger partial charge is 0.165 e. The zero-order chi connectivity index (χ0) is 30.4. The van der Waals surface area contributed by atoms with Crippen LogP contribution in [0.2, 0.25) is 0 Å². The molecule has 5 nitrogen and oxygen atoms in total. The number of hydrogen-bond acceptors (Lipinski definition) is 5. The van der Waals surface area contributed by atoms with E-state index in [0.29, 0.717) is 42.9 Å². The van der Waals surface area contributed by atoms with E-state index in [1.54, 1.807) is 12.1 Å². The van der Waals surface area contributed by atoms with Crippen molar-refractivity contribution in [3.05, 3.63) is 94.1 Å². The second-order valence-corrected chi connectivity index (χ2v) is 13.4. The summed E-state index contributed by atoms with van der Waals surface area (Å²) in [6.07, 6.45) is 4.70. The van der Waals surface area contributed by atoms with Gasteiger partial charge in [-0.2, -0.15) is 0 Å². The molecule has 0 unspecified atom stereocenters. The number of carbonyl (C=O) groups excluding carboxylic acids is 2. The van der Waals surface area contributed by atoms with Gasteiger partial charge < -0.3 is 14.4 Å². The second kappa shape index (κ2) is 11.2. The topological polar surface area (TPSA) is 55.8 Å². The molecule has 42 heavy (non-hydrogen) atoms. The molecule has 0 bridgehead atoms. The predicted octanol–water partition coefficient (Wildman–Crippen LogP) is 7.85. The third kappa shape index (κ3) is 5.68. The Morgan fingerprint density at radius 2 is 1.57 bits per heavy atom. The molecule has 0 atom stereocenters. The number of halogens is 1. The van der Waals surface area contributed by atoms with E-state index < -0.39 is 5.92 Å². The Balaban J connectivity index is 1.69. The minimum absolute atomic E-state index is 0.0944. The summed E-state index contributed by atoms with van der Waals surface area (Å²) in [6, 6.07) is 10.3. The molecule has 0 fully saturated rings. The van der Waals surface area contributed by atoms with Crippen LogP contribution in [0.15, 0.2) is 71.6 Å². The van der Waals surface area contributed by atoms with Crippen molar-refractivity contribution in [3.8, 4) is 11.5 Å². The van der Waals surface area contributed by atoms with Crippen LogP contribution in [0.3, 0.4) is 0 Å². The highest BCUT2D eigenvalue weighted by Gasteiger charge is 2.48. The van der Waals surface area contributed by atoms with Crippen molar-refractivity contribution in [3.63, 3.8) is 0 Å². The van der Waals surface area contributed by atoms with Gasteiger partial charge >= 0.3 is 0 Å². The Morgan fingerprint density at radius 1 is 0.952 bits per heavy atom. The van der Waals surface area contributed by atoms with Crippen molar-refractivity contribution in [2.45, 2.75) is 79.2 Å². The number of carbonyl (C=O) groups is 2. The maximum absolute atomic E-state index is 13.9. The largest absolute Gasteiger partial charge is 0.490 e. The molecule has 0 saturated carbocycles. The average molecular weight is 572 g/mol. The van der Waals surface area contributed by atoms with E-state index >= 15 is 0 Å². The summed E-state index contributed by atoms with van der Waals surface area (Å²) in [5, 5.41) is 0. The number of ketones is 2. The van der Waals surface area contributed by atoms with E-state index in [1.807, 2.05) is 32.2 Å². The van der Waals surface area contributed by atoms with E-state index in [-0.39, 0.29) is 34.8 Å². The molecule has 0 amide bonds. The Labute approximate surface area is 249 Å². The Morgan fingerprint density at radius 3 is 2.12 bits per heavy atom. The van der Waals surface area contributed by atoms with Crippen LogP contribution in [0.5, 0.6) is 11.5 Å². The van der Waals surface area contributed by atoms with Crippen molar-refractivity contribution in [2.75, 3.05) is 13.7 Å². The highest BCUT2D eigenvalue weighted by Crippen LogP contribution is 2.54. The first kappa shape index (κ1) is 29.8. The highest BCUT2D eigenvalue weighted by molar-refractivity contribution is 6.06. The molecule has 0 aromatic heterocycles. The fraction of sp³-hybridized carbons (Fsp3) is 0.444. The van der Waals surface area contributed by atoms with Crippen molar-refractivity contribution in [1.82, 2.24) is 4.90 Å². The predicted molar refractivity (Wildman–Crippen MR) is 163 cm³/mol. The lowest BCUT2D eigenvalue weighted by atomic mass is 9.63. The molecule has 2 aliphatic carbocycles. The molecule has 2 aromatic carbocycles. The van der Waals surface area contributed by atoms with Crippen LogP contribution in [0.1, 0.15) is 82.9 Å². The first-order valence-electron chi connectivity index (χ1n) is 14.9. The minimum Gasteiger partial charge on any atom is -0.490 e. The van der Waals surface area contributed by atoms with Crippen LogP contribution >= 0.6 is 0 Å². The Kier molecular flexibility index (Phi) is 7.95. The first-order valence-corrected chi connectivity index (χ1v) is 14.9. The normalized spacial score (nSPS) is 19.9. The molecule has 222 valence electrons. The summed E-state index contributed by atoms with van der Waals surface area (Å²) in [5.74, 6) is 0.498. The molecule has 1 aliphatic heterocycles. The summed E-state index contributed by atoms with van der Waals surface area (Å²) in [5.41, 5.74) is 5.55. The molecule has 1 heterocycles. The van der Waals surface area contributed by atoms with E-state index in [9.17, 15) is 14.0 Å². The zero-order valence-electron chi connectivity index (χ0n) is 25.7. The number of Topliss-reactive ketones (excluding diaryl/α,β-unsaturated/α-hetero) is 2. The lowest BCUT2D eigenvalue weighted by molar-refractivity contribution is -0.119. The number of hydrogen-bond donors (Lipinski definition) is 0. The van der Waals surface area contributed by atoms with Gasteiger partial charge in [0.05, 0.1) is 6.61 Å². The van der Waals surface area contributed by atoms with Gasteiger partial charge in [-0.1, -0.05) is 52.0 Å². The van der Waals surface area contributed by atoms with Gasteiger partial charge in [-0.3, -0.25) is 9.59 Å². The summed E-state index contributed by atoms with van der Waals surface area (Å²) >= 11 is 0. The number of benzene rings is 2. The van der Waals surface area contributed by atoms with Gasteiger partial charge in [-0.15, -0.1) is 6.58 Å². The molecule has 6 heteroatoms. The molecule has 3 aliphatic rings. The molecular weight excluding hydrogens is 529 g/mol. The number of ether oxygens (including phenoxy) is 2. The van der Waals surface area contributed by atoms with Crippen LogP contribution in [-0.4, -0.2) is 30.1 Å². The Hall–Kier alpha value is -3.67. The fourth-order valence-corrected chi connectivity index (χ4v) is 6.86. The third-order valence-electron chi connectivity index (χ3n) is 8.60. The van der Waals surface area contributed by atoms with Crippen LogP contribution < -0.4 is 9.47 Å². The number of allylic oxidation sites excluding steroid dienone is 5. The third-order valence-corrected chi connectivity index (χ3v) is 8.60. The van der Waals surface area contributed by atoms with Gasteiger partial charge in [-0.05, 0) is 66.3 Å². The molecule has 0 radical (unpaired) electrons. The molecule has 5 rings (SSSR count). The average Bonchev–Trinajstić information content (AvgIpc) is 2.88. The summed E-state index contributed by atoms with van der Waals surface area (Å²) in [4.78, 5) is 30.0. The van der Waals surface area contributed by atoms with E-state index in [2.05, 4.69) is 39.2 Å². The molecule has 2 aromatic rings. The fourth-order valence-electron chi connectivity index (χ4n) is 6.86. The number of rotatable bonds is 8. The van der Waals surface area contributed by atoms with E-state index in [1.165, 1.54) is 12.1 Å². The first-order chi connectivity index (χ1) is 19.8. The van der Waals surface area contributed by atoms with Gasteiger partial charge in [0.2, 0.25) is 0 Å². The molecular formula is C36H42FNO4. The quantitative estimate of drug-likeness (QED) is 0.302. The van der Waals surface area contributed by atoms with Crippen LogP contribution in [0.4, 0.5) is 4.39 Å². The second-order valence-electron chi connectivity index (χ2n) is 13.4. The van der Waals surface area contributed by atoms with Crippen molar-refractivity contribution >= 4 is 11.6 Å². The van der Waals surface area contributed by atoms with Crippen LogP contribution in [0, 0.1) is 16.6 Å². The van der Waals surface area contributed by atoms with E-state index in [4.69, 9.17) is 9.47 Å². The maximum Gasteiger partial charge on any atom is 0.165 e. The zero-order valence-corrected chi connectivity index (χ0v) is 25.7. The highest BCUT2D eigenvalue weighted by atomic mass is 19.1. The van der Waals surface area contributed by atoms with E-state index in [0.717, 1.165) is 46.5 Å². The molecule has 0 saturated heterocycles. The van der Waals surface area contributed by atoms with Crippen molar-refractivity contribution < 1.29 is 23.5 Å². The van der Waals surface area contributed by atoms with Gasteiger partial charge in [-0.25, -0.2) is 4.39 Å². The van der Waals surface area contributed by atoms with Crippen molar-refractivity contribution in [1.29, 1.82) is 0 Å². The van der Waals surface area contributed by atoms with Gasteiger partial charge in [0.25, 0.3) is 0 Å². The molecule has 0 N–H and O–H groups in total. The SMILES string of the molecule is C=CCc1cc(C2C3=C(CC(C)(C)CC3=O)N(C)C3=C2C(=O)CC(C)(C)C3)cc(OCC)c1OCc1cccc(F)c1. The summed E-state index contributed by atoms with van der Waals surface area (Å²) < 4.78 is 26.3. The summed E-state index contributed by atoms with van der Waals surface area (Å²) in [7, 11) is 2.02. The van der Waals surface area contributed by atoms with Gasteiger partial charge in [0.15, 0.2) is 23.1 Å². The molecule has 0 spiro atoms. The number of nitrogens with zero attached hydrogens (tertiary/aromatic N) is 1. The monoisotopic (exact) mass is 571 g/mol. The van der Waals surface area contributed by atoms with Gasteiger partial charge in [0.1, 0.15) is 12.4 Å². The standard InChI is InChI=1S/C36H42FNO4/c1-8-11-23-15-24(16-30(41-9-2)34(23)42-21-22-12-10-13-25(37)14-22)31-32-26(17-35(3,4)19-28(32)39)38(7)27-18-36(5,6)20-29(40)33(27)31/h8,10,12-16,31H,1,9,11,17-21H2,2-7H3. The van der Waals surface area contributed by atoms with Crippen LogP contribution in [0.25, 0.3) is 0 Å². The van der Waals surface area contributed by atoms with Crippen molar-refractivity contribution in [2.24, 2.45) is 10.8 Å². The minimum atomic E-state index is -0.474. The lowest BCUT2D eigenvalue weighted by Gasteiger charge is -2.48. The van der Waals surface area contributed by atoms with Gasteiger partial charge in [0, 0.05) is 53.9 Å². The Bertz CT molecular complexity index is 1460.